The van der Waals surface area contributed by atoms with Crippen molar-refractivity contribution in [3.8, 4) is 0 Å². The van der Waals surface area contributed by atoms with Gasteiger partial charge in [-0.2, -0.15) is 14.7 Å². The molecule has 0 saturated heterocycles. The third-order valence-corrected chi connectivity index (χ3v) is 3.29. The third-order valence-electron chi connectivity index (χ3n) is 2.21. The lowest BCUT2D eigenvalue weighted by atomic mass is 10.1. The third kappa shape index (κ3) is 3.26. The first-order valence-corrected chi connectivity index (χ1v) is 6.55. The van der Waals surface area contributed by atoms with Gasteiger partial charge in [-0.25, -0.2) is 0 Å². The molecular formula is C12H16O3P+. The van der Waals surface area contributed by atoms with Crippen LogP contribution in [0.1, 0.15) is 11.1 Å². The molecule has 0 aliphatic carbocycles. The molecule has 1 rings (SSSR count). The highest BCUT2D eigenvalue weighted by Gasteiger charge is 2.36. The average Bonchev–Trinajstić information content (AvgIpc) is 2.17. The lowest BCUT2D eigenvalue weighted by Crippen LogP contribution is -2.15. The lowest BCUT2D eigenvalue weighted by molar-refractivity contribution is 0.347. The van der Waals surface area contributed by atoms with Gasteiger partial charge in [0.15, 0.2) is 5.30 Å². The van der Waals surface area contributed by atoms with Gasteiger partial charge in [-0.05, 0) is 24.5 Å². The lowest BCUT2D eigenvalue weighted by Gasteiger charge is -2.09. The largest absolute Gasteiger partial charge is 0.441 e. The monoisotopic (exact) mass is 239 g/mol. The van der Waals surface area contributed by atoms with Crippen molar-refractivity contribution < 1.29 is 14.7 Å². The summed E-state index contributed by atoms with van der Waals surface area (Å²) in [5.74, 6) is 0. The molecule has 0 amide bonds. The van der Waals surface area contributed by atoms with Crippen molar-refractivity contribution in [2.75, 3.05) is 0 Å². The van der Waals surface area contributed by atoms with Gasteiger partial charge in [-0.3, -0.25) is 0 Å². The Hall–Kier alpha value is -0.990. The summed E-state index contributed by atoms with van der Waals surface area (Å²) in [4.78, 5) is 27.9. The van der Waals surface area contributed by atoms with E-state index in [2.05, 4.69) is 13.2 Å². The molecule has 86 valence electrons. The molecule has 3 nitrogen and oxygen atoms in total. The van der Waals surface area contributed by atoms with Crippen molar-refractivity contribution in [2.45, 2.75) is 12.8 Å². The zero-order valence-electron chi connectivity index (χ0n) is 9.00. The van der Waals surface area contributed by atoms with E-state index in [-0.39, 0.29) is 5.30 Å². The van der Waals surface area contributed by atoms with Gasteiger partial charge in [0, 0.05) is 5.56 Å². The Morgan fingerprint density at radius 3 is 2.19 bits per heavy atom. The molecule has 0 saturated carbocycles. The summed E-state index contributed by atoms with van der Waals surface area (Å²) in [7, 11) is -3.95. The first-order chi connectivity index (χ1) is 7.49. The minimum Gasteiger partial charge on any atom is -0.189 e. The second-order valence-electron chi connectivity index (χ2n) is 3.52. The Bertz CT molecular complexity index is 394. The zero-order valence-corrected chi connectivity index (χ0v) is 9.90. The standard InChI is InChI=1S/C12H16O3P/c1-3-5-10-7-8-12(16(13,14)15)11(9-10)6-4-2/h3-4,7-9,13-15H,1-2,5-6H2/q+1. The first-order valence-electron chi connectivity index (χ1n) is 4.90. The summed E-state index contributed by atoms with van der Waals surface area (Å²) < 4.78 is 0. The first kappa shape index (κ1) is 13.1. The SMILES string of the molecule is C=CCc1ccc([P+](O)(O)O)c(CC=C)c1. The molecule has 1 aromatic carbocycles. The smallest absolute Gasteiger partial charge is 0.189 e. The summed E-state index contributed by atoms with van der Waals surface area (Å²) in [6.07, 6.45) is 4.63. The molecule has 0 aliphatic heterocycles. The predicted octanol–water partition coefficient (Wildman–Crippen LogP) is 1.51. The summed E-state index contributed by atoms with van der Waals surface area (Å²) in [6, 6.07) is 5.13. The Kier molecular flexibility index (Phi) is 4.39. The fraction of sp³-hybridized carbons (Fsp3) is 0.167. The maximum Gasteiger partial charge on any atom is 0.441 e. The topological polar surface area (TPSA) is 60.7 Å². The summed E-state index contributed by atoms with van der Waals surface area (Å²) in [5, 5.41) is 0.195. The van der Waals surface area contributed by atoms with E-state index in [0.717, 1.165) is 5.56 Å². The molecule has 0 radical (unpaired) electrons. The molecule has 0 atom stereocenters. The van der Waals surface area contributed by atoms with E-state index in [1.54, 1.807) is 24.3 Å². The van der Waals surface area contributed by atoms with Gasteiger partial charge in [0.25, 0.3) is 0 Å². The maximum atomic E-state index is 9.29. The van der Waals surface area contributed by atoms with Crippen molar-refractivity contribution in [1.82, 2.24) is 0 Å². The Morgan fingerprint density at radius 2 is 1.69 bits per heavy atom. The van der Waals surface area contributed by atoms with Gasteiger partial charge in [0.2, 0.25) is 0 Å². The van der Waals surface area contributed by atoms with Gasteiger partial charge in [-0.15, -0.1) is 13.2 Å². The molecule has 0 heterocycles. The fourth-order valence-corrected chi connectivity index (χ4v) is 2.36. The Labute approximate surface area is 96.0 Å². The van der Waals surface area contributed by atoms with Gasteiger partial charge in [0.05, 0.1) is 0 Å². The van der Waals surface area contributed by atoms with E-state index in [0.29, 0.717) is 18.4 Å². The molecule has 4 heteroatoms. The molecule has 0 spiro atoms. The molecule has 1 aromatic rings. The summed E-state index contributed by atoms with van der Waals surface area (Å²) in [6.45, 7) is 7.24. The van der Waals surface area contributed by atoms with Gasteiger partial charge >= 0.3 is 7.94 Å². The van der Waals surface area contributed by atoms with Crippen molar-refractivity contribution in [2.24, 2.45) is 0 Å². The highest BCUT2D eigenvalue weighted by molar-refractivity contribution is 7.66. The molecule has 0 unspecified atom stereocenters. The van der Waals surface area contributed by atoms with E-state index >= 15 is 0 Å². The van der Waals surface area contributed by atoms with Crippen LogP contribution in [0.2, 0.25) is 0 Å². The van der Waals surface area contributed by atoms with Crippen molar-refractivity contribution in [3.63, 3.8) is 0 Å². The molecular weight excluding hydrogens is 223 g/mol. The minimum atomic E-state index is -3.95. The predicted molar refractivity (Wildman–Crippen MR) is 67.5 cm³/mol. The normalized spacial score (nSPS) is 11.2. The van der Waals surface area contributed by atoms with E-state index < -0.39 is 7.94 Å². The number of allylic oxidation sites excluding steroid dienone is 2. The van der Waals surface area contributed by atoms with Crippen LogP contribution in [0.4, 0.5) is 0 Å². The molecule has 0 aromatic heterocycles. The average molecular weight is 239 g/mol. The second kappa shape index (κ2) is 5.37. The fourth-order valence-electron chi connectivity index (χ4n) is 1.54. The van der Waals surface area contributed by atoms with Crippen LogP contribution in [0, 0.1) is 0 Å². The van der Waals surface area contributed by atoms with Crippen LogP contribution < -0.4 is 5.30 Å². The van der Waals surface area contributed by atoms with E-state index in [4.69, 9.17) is 0 Å². The van der Waals surface area contributed by atoms with Gasteiger partial charge < -0.3 is 0 Å². The minimum absolute atomic E-state index is 0.195. The Balaban J connectivity index is 3.18. The molecule has 3 N–H and O–H groups in total. The van der Waals surface area contributed by atoms with Crippen LogP contribution in [0.3, 0.4) is 0 Å². The highest BCUT2D eigenvalue weighted by Crippen LogP contribution is 2.44. The van der Waals surface area contributed by atoms with Crippen LogP contribution in [0.15, 0.2) is 43.5 Å². The molecule has 16 heavy (non-hydrogen) atoms. The van der Waals surface area contributed by atoms with Crippen molar-refractivity contribution in [3.05, 3.63) is 54.6 Å². The van der Waals surface area contributed by atoms with Crippen LogP contribution in [-0.4, -0.2) is 14.7 Å². The number of benzene rings is 1. The van der Waals surface area contributed by atoms with Gasteiger partial charge in [0.1, 0.15) is 0 Å². The van der Waals surface area contributed by atoms with Crippen LogP contribution in [0.5, 0.6) is 0 Å². The van der Waals surface area contributed by atoms with Crippen molar-refractivity contribution in [1.29, 1.82) is 0 Å². The van der Waals surface area contributed by atoms with E-state index in [1.807, 2.05) is 6.07 Å². The number of rotatable bonds is 5. The summed E-state index contributed by atoms with van der Waals surface area (Å²) >= 11 is 0. The van der Waals surface area contributed by atoms with Crippen LogP contribution in [0.25, 0.3) is 0 Å². The number of hydrogen-bond acceptors (Lipinski definition) is 3. The van der Waals surface area contributed by atoms with E-state index in [9.17, 15) is 14.7 Å². The highest BCUT2D eigenvalue weighted by atomic mass is 31.2. The van der Waals surface area contributed by atoms with Crippen LogP contribution in [-0.2, 0) is 12.8 Å². The summed E-state index contributed by atoms with van der Waals surface area (Å²) in [5.41, 5.74) is 1.71. The van der Waals surface area contributed by atoms with Crippen molar-refractivity contribution >= 4 is 13.2 Å². The Morgan fingerprint density at radius 1 is 1.06 bits per heavy atom. The zero-order chi connectivity index (χ0) is 12.2. The number of hydrogen-bond donors (Lipinski definition) is 3. The quantitative estimate of drug-likeness (QED) is 0.539. The molecule has 0 bridgehead atoms. The molecule has 0 aliphatic rings. The van der Waals surface area contributed by atoms with Gasteiger partial charge in [-0.1, -0.05) is 24.3 Å². The maximum absolute atomic E-state index is 9.29. The van der Waals surface area contributed by atoms with Crippen LogP contribution >= 0.6 is 7.94 Å². The molecule has 0 fully saturated rings. The second-order valence-corrected chi connectivity index (χ2v) is 5.14. The van der Waals surface area contributed by atoms with E-state index in [1.165, 1.54) is 0 Å².